The molecule has 4 aromatic carbocycles. The van der Waals surface area contributed by atoms with Gasteiger partial charge in [-0.15, -0.1) is 0 Å². The minimum absolute atomic E-state index is 0.248. The van der Waals surface area contributed by atoms with Crippen LogP contribution in [-0.2, 0) is 9.84 Å². The van der Waals surface area contributed by atoms with Crippen molar-refractivity contribution in [3.05, 3.63) is 108 Å². The summed E-state index contributed by atoms with van der Waals surface area (Å²) in [6.07, 6.45) is 0. The second kappa shape index (κ2) is 9.05. The average molecular weight is 447 g/mol. The second-order valence-electron chi connectivity index (χ2n) is 7.41. The van der Waals surface area contributed by atoms with Crippen molar-refractivity contribution in [2.45, 2.75) is 23.6 Å². The Kier molecular flexibility index (Phi) is 6.22. The fourth-order valence-corrected chi connectivity index (χ4v) is 5.35. The Morgan fingerprint density at radius 2 is 0.903 bits per heavy atom. The average Bonchev–Trinajstić information content (AvgIpc) is 2.77. The van der Waals surface area contributed by atoms with E-state index in [0.717, 1.165) is 5.56 Å². The van der Waals surface area contributed by atoms with Crippen LogP contribution in [0.2, 0.25) is 0 Å². The van der Waals surface area contributed by atoms with Crippen molar-refractivity contribution >= 4 is 29.0 Å². The Balaban J connectivity index is 1.44. The van der Waals surface area contributed by atoms with Crippen molar-refractivity contribution in [2.75, 3.05) is 0 Å². The van der Waals surface area contributed by atoms with Gasteiger partial charge in [0, 0.05) is 0 Å². The third kappa shape index (κ3) is 5.22. The number of rotatable bonds is 6. The van der Waals surface area contributed by atoms with Crippen molar-refractivity contribution in [3.8, 4) is 11.5 Å². The molecule has 156 valence electrons. The lowest BCUT2D eigenvalue weighted by Crippen LogP contribution is -2.03. The zero-order valence-electron chi connectivity index (χ0n) is 17.4. The smallest absolute Gasteiger partial charge is 0.206 e. The first-order valence-corrected chi connectivity index (χ1v) is 12.4. The highest BCUT2D eigenvalue weighted by atomic mass is 32.2. The largest absolute Gasteiger partial charge is 0.457 e. The van der Waals surface area contributed by atoms with Gasteiger partial charge in [0.15, 0.2) is 0 Å². The monoisotopic (exact) mass is 446 g/mol. The number of aryl methyl sites for hydroxylation is 2. The van der Waals surface area contributed by atoms with E-state index in [2.05, 4.69) is 43.3 Å². The van der Waals surface area contributed by atoms with Crippen LogP contribution < -0.4 is 15.3 Å². The number of sulfone groups is 1. The van der Waals surface area contributed by atoms with Gasteiger partial charge in [-0.2, -0.15) is 0 Å². The van der Waals surface area contributed by atoms with Crippen LogP contribution in [0.3, 0.4) is 0 Å². The minimum Gasteiger partial charge on any atom is -0.457 e. The second-order valence-corrected chi connectivity index (χ2v) is 10.8. The van der Waals surface area contributed by atoms with Crippen LogP contribution in [0.15, 0.2) is 107 Å². The molecule has 3 nitrogen and oxygen atoms in total. The summed E-state index contributed by atoms with van der Waals surface area (Å²) in [5, 5.41) is 2.53. The maximum absolute atomic E-state index is 12.8. The van der Waals surface area contributed by atoms with Gasteiger partial charge in [-0.05, 0) is 73.0 Å². The van der Waals surface area contributed by atoms with Gasteiger partial charge in [0.05, 0.1) is 9.79 Å². The van der Waals surface area contributed by atoms with Crippen molar-refractivity contribution in [1.29, 1.82) is 0 Å². The van der Waals surface area contributed by atoms with Gasteiger partial charge in [-0.25, -0.2) is 8.42 Å². The highest BCUT2D eigenvalue weighted by Gasteiger charge is 2.17. The summed E-state index contributed by atoms with van der Waals surface area (Å²) in [5.41, 5.74) is 2.28. The van der Waals surface area contributed by atoms with Crippen LogP contribution in [-0.4, -0.2) is 8.42 Å². The summed E-state index contributed by atoms with van der Waals surface area (Å²) in [6.45, 7) is 4.02. The molecule has 0 aliphatic carbocycles. The lowest BCUT2D eigenvalue weighted by molar-refractivity contribution is 0.482. The maximum atomic E-state index is 12.8. The number of hydrogen-bond acceptors (Lipinski definition) is 3. The van der Waals surface area contributed by atoms with Crippen LogP contribution >= 0.6 is 8.58 Å². The molecule has 0 N–H and O–H groups in total. The Hall–Kier alpha value is -2.94. The molecule has 0 saturated heterocycles. The Labute approximate surface area is 185 Å². The summed E-state index contributed by atoms with van der Waals surface area (Å²) in [7, 11) is -2.95. The molecule has 31 heavy (non-hydrogen) atoms. The molecular weight excluding hydrogens is 423 g/mol. The lowest BCUT2D eigenvalue weighted by atomic mass is 10.2. The van der Waals surface area contributed by atoms with Crippen molar-refractivity contribution in [3.63, 3.8) is 0 Å². The van der Waals surface area contributed by atoms with Crippen LogP contribution in [0.25, 0.3) is 0 Å². The minimum atomic E-state index is -3.54. The molecule has 4 aromatic rings. The van der Waals surface area contributed by atoms with E-state index in [0.29, 0.717) is 20.1 Å². The van der Waals surface area contributed by atoms with E-state index in [1.807, 2.05) is 19.1 Å². The molecule has 0 amide bonds. The summed E-state index contributed by atoms with van der Waals surface area (Å²) < 4.78 is 31.5. The molecular formula is C26H23O3PS. The number of benzene rings is 4. The van der Waals surface area contributed by atoms with Crippen molar-refractivity contribution in [1.82, 2.24) is 0 Å². The highest BCUT2D eigenvalue weighted by Crippen LogP contribution is 2.26. The van der Waals surface area contributed by atoms with Gasteiger partial charge in [0.1, 0.15) is 11.5 Å². The predicted molar refractivity (Wildman–Crippen MR) is 128 cm³/mol. The maximum Gasteiger partial charge on any atom is 0.206 e. The molecule has 0 spiro atoms. The van der Waals surface area contributed by atoms with Gasteiger partial charge in [0.25, 0.3) is 0 Å². The molecule has 5 heteroatoms. The molecule has 0 aromatic heterocycles. The number of hydrogen-bond donors (Lipinski definition) is 0. The molecule has 1 unspecified atom stereocenters. The summed E-state index contributed by atoms with van der Waals surface area (Å²) >= 11 is 0. The quantitative estimate of drug-likeness (QED) is 0.364. The van der Waals surface area contributed by atoms with E-state index in [1.165, 1.54) is 16.2 Å². The van der Waals surface area contributed by atoms with Gasteiger partial charge in [-0.1, -0.05) is 68.2 Å². The molecule has 0 aliphatic heterocycles. The standard InChI is InChI=1S/C26H23O3PS/c1-19-3-11-23(12-4-19)30-24-13-7-21(8-14-24)29-22-9-17-26(18-10-22)31(27,28)25-15-5-20(2)6-16-25/h3-18,30H,1-2H3. The number of ether oxygens (including phenoxy) is 1. The molecule has 0 bridgehead atoms. The topological polar surface area (TPSA) is 43.4 Å². The Bertz CT molecular complexity index is 1260. The van der Waals surface area contributed by atoms with Crippen LogP contribution in [0.5, 0.6) is 11.5 Å². The molecule has 0 saturated carbocycles. The predicted octanol–water partition coefficient (Wildman–Crippen LogP) is 5.56. The third-order valence-corrected chi connectivity index (χ3v) is 7.93. The van der Waals surface area contributed by atoms with Crippen LogP contribution in [0, 0.1) is 13.8 Å². The molecule has 0 heterocycles. The van der Waals surface area contributed by atoms with Crippen molar-refractivity contribution in [2.24, 2.45) is 0 Å². The SMILES string of the molecule is Cc1ccc(Pc2ccc(Oc3ccc(S(=O)(=O)c4ccc(C)cc4)cc3)cc2)cc1. The first kappa shape index (κ1) is 21.3. The Morgan fingerprint density at radius 3 is 1.39 bits per heavy atom. The summed E-state index contributed by atoms with van der Waals surface area (Å²) in [6, 6.07) is 30.0. The fourth-order valence-electron chi connectivity index (χ4n) is 3.09. The highest BCUT2D eigenvalue weighted by molar-refractivity contribution is 7.91. The molecule has 4 rings (SSSR count). The van der Waals surface area contributed by atoms with E-state index < -0.39 is 9.84 Å². The molecule has 0 fully saturated rings. The van der Waals surface area contributed by atoms with E-state index in [9.17, 15) is 8.42 Å². The lowest BCUT2D eigenvalue weighted by Gasteiger charge is -2.09. The van der Waals surface area contributed by atoms with E-state index in [4.69, 9.17) is 4.74 Å². The normalized spacial score (nSPS) is 11.7. The first-order valence-electron chi connectivity index (χ1n) is 9.94. The zero-order chi connectivity index (χ0) is 21.8. The van der Waals surface area contributed by atoms with E-state index in [-0.39, 0.29) is 9.79 Å². The van der Waals surface area contributed by atoms with Gasteiger partial charge < -0.3 is 4.74 Å². The molecule has 0 radical (unpaired) electrons. The fraction of sp³-hybridized carbons (Fsp3) is 0.0769. The van der Waals surface area contributed by atoms with Gasteiger partial charge >= 0.3 is 0 Å². The van der Waals surface area contributed by atoms with E-state index >= 15 is 0 Å². The summed E-state index contributed by atoms with van der Waals surface area (Å²) in [5.74, 6) is 1.31. The van der Waals surface area contributed by atoms with E-state index in [1.54, 1.807) is 48.5 Å². The first-order chi connectivity index (χ1) is 14.9. The van der Waals surface area contributed by atoms with Crippen LogP contribution in [0.4, 0.5) is 0 Å². The zero-order valence-corrected chi connectivity index (χ0v) is 19.2. The van der Waals surface area contributed by atoms with Gasteiger partial charge in [0.2, 0.25) is 9.84 Å². The van der Waals surface area contributed by atoms with Gasteiger partial charge in [-0.3, -0.25) is 0 Å². The Morgan fingerprint density at radius 1 is 0.548 bits per heavy atom. The molecule has 1 atom stereocenters. The van der Waals surface area contributed by atoms with Crippen LogP contribution in [0.1, 0.15) is 11.1 Å². The summed E-state index contributed by atoms with van der Waals surface area (Å²) in [4.78, 5) is 0.537. The third-order valence-electron chi connectivity index (χ3n) is 4.90. The molecule has 0 aliphatic rings. The van der Waals surface area contributed by atoms with Crippen molar-refractivity contribution < 1.29 is 13.2 Å².